The molecule has 2 unspecified atom stereocenters. The van der Waals surface area contributed by atoms with Crippen LogP contribution in [0.3, 0.4) is 0 Å². The van der Waals surface area contributed by atoms with Crippen molar-refractivity contribution in [1.29, 1.82) is 0 Å². The van der Waals surface area contributed by atoms with Gasteiger partial charge in [0.05, 0.1) is 18.8 Å². The molecule has 0 aliphatic rings. The number of amides is 2. The number of carbonyl (C=O) groups excluding carboxylic acids is 1. The Morgan fingerprint density at radius 2 is 2.05 bits per heavy atom. The van der Waals surface area contributed by atoms with Crippen molar-refractivity contribution >= 4 is 6.03 Å². The molecule has 0 aliphatic carbocycles. The Labute approximate surface area is 128 Å². The van der Waals surface area contributed by atoms with E-state index in [4.69, 9.17) is 4.42 Å². The lowest BCUT2D eigenvalue weighted by molar-refractivity contribution is 0.0592. The fourth-order valence-electron chi connectivity index (χ4n) is 2.02. The molecule has 0 saturated heterocycles. The van der Waals surface area contributed by atoms with Crippen molar-refractivity contribution in [3.63, 3.8) is 0 Å². The topological polar surface area (TPSA) is 74.5 Å². The summed E-state index contributed by atoms with van der Waals surface area (Å²) >= 11 is 0. The van der Waals surface area contributed by atoms with E-state index in [1.807, 2.05) is 0 Å². The predicted octanol–water partition coefficient (Wildman–Crippen LogP) is 2.69. The summed E-state index contributed by atoms with van der Waals surface area (Å²) in [5.74, 6) is 0.262. The summed E-state index contributed by atoms with van der Waals surface area (Å²) in [5.41, 5.74) is -0.771. The van der Waals surface area contributed by atoms with Crippen LogP contribution in [0.15, 0.2) is 47.1 Å². The number of nitrogens with one attached hydrogen (secondary N) is 2. The number of benzene rings is 1. The molecule has 2 amide bonds. The Morgan fingerprint density at radius 3 is 2.64 bits per heavy atom. The van der Waals surface area contributed by atoms with E-state index in [9.17, 15) is 14.3 Å². The molecule has 22 heavy (non-hydrogen) atoms. The Bertz CT molecular complexity index is 609. The molecular weight excluding hydrogens is 287 g/mol. The average Bonchev–Trinajstić information content (AvgIpc) is 3.00. The Kier molecular flexibility index (Phi) is 4.82. The molecule has 1 heterocycles. The van der Waals surface area contributed by atoms with E-state index < -0.39 is 11.6 Å². The summed E-state index contributed by atoms with van der Waals surface area (Å²) in [4.78, 5) is 11.8. The fourth-order valence-corrected chi connectivity index (χ4v) is 2.02. The summed E-state index contributed by atoms with van der Waals surface area (Å²) in [7, 11) is 0. The van der Waals surface area contributed by atoms with Crippen molar-refractivity contribution in [1.82, 2.24) is 10.6 Å². The number of hydrogen-bond acceptors (Lipinski definition) is 3. The number of hydrogen-bond donors (Lipinski definition) is 3. The molecule has 5 nitrogen and oxygen atoms in total. The molecule has 6 heteroatoms. The van der Waals surface area contributed by atoms with Crippen molar-refractivity contribution in [2.75, 3.05) is 6.54 Å². The molecule has 1 aromatic carbocycles. The molecule has 0 fully saturated rings. The quantitative estimate of drug-likeness (QED) is 0.795. The standard InChI is InChI=1S/C16H19FN2O3/c1-11(14-4-3-9-22-14)19-15(20)18-10-16(2,21)12-5-7-13(17)8-6-12/h3-9,11,21H,10H2,1-2H3,(H2,18,19,20). The third kappa shape index (κ3) is 4.08. The van der Waals surface area contributed by atoms with Gasteiger partial charge in [-0.15, -0.1) is 0 Å². The van der Waals surface area contributed by atoms with E-state index in [0.717, 1.165) is 0 Å². The molecule has 0 bridgehead atoms. The second-order valence-corrected chi connectivity index (χ2v) is 5.34. The highest BCUT2D eigenvalue weighted by Crippen LogP contribution is 2.20. The minimum atomic E-state index is -1.29. The molecule has 118 valence electrons. The van der Waals surface area contributed by atoms with Gasteiger partial charge in [-0.25, -0.2) is 9.18 Å². The Balaban J connectivity index is 1.88. The van der Waals surface area contributed by atoms with Crippen LogP contribution < -0.4 is 10.6 Å². The van der Waals surface area contributed by atoms with Crippen molar-refractivity contribution in [2.24, 2.45) is 0 Å². The van der Waals surface area contributed by atoms with Crippen LogP contribution in [0.4, 0.5) is 9.18 Å². The maximum absolute atomic E-state index is 12.9. The third-order valence-electron chi connectivity index (χ3n) is 3.38. The number of halogens is 1. The average molecular weight is 306 g/mol. The first kappa shape index (κ1) is 16.0. The lowest BCUT2D eigenvalue weighted by Crippen LogP contribution is -2.44. The maximum Gasteiger partial charge on any atom is 0.315 e. The maximum atomic E-state index is 12.9. The highest BCUT2D eigenvalue weighted by atomic mass is 19.1. The van der Waals surface area contributed by atoms with E-state index in [0.29, 0.717) is 11.3 Å². The summed E-state index contributed by atoms with van der Waals surface area (Å²) < 4.78 is 18.1. The molecule has 0 radical (unpaired) electrons. The van der Waals surface area contributed by atoms with E-state index in [-0.39, 0.29) is 18.4 Å². The zero-order chi connectivity index (χ0) is 16.2. The molecule has 1 aromatic heterocycles. The van der Waals surface area contributed by atoms with Gasteiger partial charge in [0, 0.05) is 0 Å². The highest BCUT2D eigenvalue weighted by molar-refractivity contribution is 5.74. The zero-order valence-corrected chi connectivity index (χ0v) is 12.5. The summed E-state index contributed by atoms with van der Waals surface area (Å²) in [5, 5.41) is 15.7. The largest absolute Gasteiger partial charge is 0.467 e. The molecule has 0 aliphatic heterocycles. The normalized spacial score (nSPS) is 14.9. The number of urea groups is 1. The molecule has 3 N–H and O–H groups in total. The molecule has 0 spiro atoms. The molecule has 2 atom stereocenters. The first-order chi connectivity index (χ1) is 10.4. The SMILES string of the molecule is CC(NC(=O)NCC(C)(O)c1ccc(F)cc1)c1ccco1. The number of rotatable bonds is 5. The van der Waals surface area contributed by atoms with Crippen LogP contribution in [0.2, 0.25) is 0 Å². The van der Waals surface area contributed by atoms with Crippen LogP contribution in [0.1, 0.15) is 31.2 Å². The van der Waals surface area contributed by atoms with E-state index in [1.165, 1.54) is 30.5 Å². The number of furan rings is 1. The van der Waals surface area contributed by atoms with Crippen LogP contribution in [0.5, 0.6) is 0 Å². The van der Waals surface area contributed by atoms with Gasteiger partial charge < -0.3 is 20.2 Å². The van der Waals surface area contributed by atoms with E-state index in [2.05, 4.69) is 10.6 Å². The fraction of sp³-hybridized carbons (Fsp3) is 0.312. The Hall–Kier alpha value is -2.34. The summed E-state index contributed by atoms with van der Waals surface area (Å²) in [6.45, 7) is 3.34. The summed E-state index contributed by atoms with van der Waals surface area (Å²) in [6.07, 6.45) is 1.53. The van der Waals surface area contributed by atoms with Gasteiger partial charge in [-0.1, -0.05) is 12.1 Å². The second kappa shape index (κ2) is 6.62. The van der Waals surface area contributed by atoms with E-state index in [1.54, 1.807) is 26.0 Å². The predicted molar refractivity (Wildman–Crippen MR) is 79.6 cm³/mol. The number of carbonyl (C=O) groups is 1. The monoisotopic (exact) mass is 306 g/mol. The van der Waals surface area contributed by atoms with Crippen molar-refractivity contribution in [3.05, 3.63) is 59.8 Å². The first-order valence-corrected chi connectivity index (χ1v) is 6.95. The summed E-state index contributed by atoms with van der Waals surface area (Å²) in [6, 6.07) is 8.30. The van der Waals surface area contributed by atoms with E-state index >= 15 is 0 Å². The van der Waals surface area contributed by atoms with Gasteiger partial charge >= 0.3 is 6.03 Å². The van der Waals surface area contributed by atoms with Crippen LogP contribution in [0, 0.1) is 5.82 Å². The minimum Gasteiger partial charge on any atom is -0.467 e. The first-order valence-electron chi connectivity index (χ1n) is 6.95. The van der Waals surface area contributed by atoms with Crippen LogP contribution in [0.25, 0.3) is 0 Å². The van der Waals surface area contributed by atoms with Gasteiger partial charge in [-0.2, -0.15) is 0 Å². The lowest BCUT2D eigenvalue weighted by Gasteiger charge is -2.24. The van der Waals surface area contributed by atoms with Gasteiger partial charge in [-0.3, -0.25) is 0 Å². The lowest BCUT2D eigenvalue weighted by atomic mass is 9.96. The zero-order valence-electron chi connectivity index (χ0n) is 12.5. The van der Waals surface area contributed by atoms with Gasteiger partial charge in [0.1, 0.15) is 17.2 Å². The highest BCUT2D eigenvalue weighted by Gasteiger charge is 2.24. The molecule has 2 rings (SSSR count). The van der Waals surface area contributed by atoms with Crippen molar-refractivity contribution in [2.45, 2.75) is 25.5 Å². The minimum absolute atomic E-state index is 0.00462. The van der Waals surface area contributed by atoms with Crippen molar-refractivity contribution < 1.29 is 18.7 Å². The van der Waals surface area contributed by atoms with Crippen molar-refractivity contribution in [3.8, 4) is 0 Å². The van der Waals surface area contributed by atoms with Crippen LogP contribution in [-0.2, 0) is 5.60 Å². The Morgan fingerprint density at radius 1 is 1.36 bits per heavy atom. The van der Waals surface area contributed by atoms with Gasteiger partial charge in [0.15, 0.2) is 0 Å². The number of aliphatic hydroxyl groups is 1. The van der Waals surface area contributed by atoms with Crippen LogP contribution >= 0.6 is 0 Å². The smallest absolute Gasteiger partial charge is 0.315 e. The van der Waals surface area contributed by atoms with Gasteiger partial charge in [-0.05, 0) is 43.7 Å². The molecule has 2 aromatic rings. The molecule has 0 saturated carbocycles. The van der Waals surface area contributed by atoms with Gasteiger partial charge in [0.25, 0.3) is 0 Å². The second-order valence-electron chi connectivity index (χ2n) is 5.34. The van der Waals surface area contributed by atoms with Crippen LogP contribution in [-0.4, -0.2) is 17.7 Å². The third-order valence-corrected chi connectivity index (χ3v) is 3.38. The molecular formula is C16H19FN2O3. The van der Waals surface area contributed by atoms with Gasteiger partial charge in [0.2, 0.25) is 0 Å².